The van der Waals surface area contributed by atoms with Gasteiger partial charge in [0.15, 0.2) is 0 Å². The molecule has 2 aromatic heterocycles. The average molecular weight is 565 g/mol. The summed E-state index contributed by atoms with van der Waals surface area (Å²) in [6, 6.07) is 4.63. The van der Waals surface area contributed by atoms with Crippen LogP contribution >= 0.6 is 0 Å². The number of halogens is 6. The number of aromatic nitrogens is 4. The molecule has 0 atom stereocenters. The number of alkyl halides is 6. The van der Waals surface area contributed by atoms with Gasteiger partial charge in [-0.1, -0.05) is 17.3 Å². The summed E-state index contributed by atoms with van der Waals surface area (Å²) in [6.45, 7) is 4.15. The SMILES string of the molecule is FC(F)(F)c1cc(-n2cc(CN3CCN(C4C5CC6CC(C5)CC4C6)CC3)nn2)c2cccc(C(F)(F)F)c2n1. The van der Waals surface area contributed by atoms with Crippen molar-refractivity contribution >= 4 is 10.9 Å². The van der Waals surface area contributed by atoms with E-state index in [9.17, 15) is 26.3 Å². The fourth-order valence-corrected chi connectivity index (χ4v) is 8.22. The number of rotatable bonds is 4. The Morgan fingerprint density at radius 3 is 2.12 bits per heavy atom. The number of hydrogen-bond acceptors (Lipinski definition) is 5. The quantitative estimate of drug-likeness (QED) is 0.376. The molecule has 0 N–H and O–H groups in total. The molecule has 0 radical (unpaired) electrons. The maximum Gasteiger partial charge on any atom is 0.433 e. The van der Waals surface area contributed by atoms with Gasteiger partial charge in [0.25, 0.3) is 0 Å². The van der Waals surface area contributed by atoms with E-state index < -0.39 is 29.1 Å². The van der Waals surface area contributed by atoms with Crippen LogP contribution in [0.15, 0.2) is 30.5 Å². The summed E-state index contributed by atoms with van der Waals surface area (Å²) in [7, 11) is 0. The van der Waals surface area contributed by atoms with Crippen molar-refractivity contribution in [2.24, 2.45) is 23.7 Å². The van der Waals surface area contributed by atoms with Crippen LogP contribution in [0.1, 0.15) is 49.1 Å². The molecular formula is C28H30F6N6. The summed E-state index contributed by atoms with van der Waals surface area (Å²) >= 11 is 0. The van der Waals surface area contributed by atoms with Gasteiger partial charge in [0.1, 0.15) is 5.69 Å². The molecular weight excluding hydrogens is 534 g/mol. The average Bonchev–Trinajstić information content (AvgIpc) is 3.35. The number of nitrogens with zero attached hydrogens (tertiary/aromatic N) is 6. The predicted octanol–water partition coefficient (Wildman–Crippen LogP) is 5.80. The summed E-state index contributed by atoms with van der Waals surface area (Å²) in [4.78, 5) is 8.29. The number of hydrogen-bond donors (Lipinski definition) is 0. The first kappa shape index (κ1) is 26.2. The minimum atomic E-state index is -4.93. The van der Waals surface area contributed by atoms with Gasteiger partial charge in [-0.15, -0.1) is 5.10 Å². The fourth-order valence-electron chi connectivity index (χ4n) is 8.22. The highest BCUT2D eigenvalue weighted by atomic mass is 19.4. The van der Waals surface area contributed by atoms with Gasteiger partial charge in [-0.3, -0.25) is 9.80 Å². The van der Waals surface area contributed by atoms with Crippen LogP contribution in [0.5, 0.6) is 0 Å². The Kier molecular flexibility index (Phi) is 6.16. The molecule has 0 unspecified atom stereocenters. The summed E-state index contributed by atoms with van der Waals surface area (Å²) in [5, 5.41) is 8.09. The number of pyridine rings is 1. The van der Waals surface area contributed by atoms with Gasteiger partial charge in [0.05, 0.1) is 28.7 Å². The molecule has 40 heavy (non-hydrogen) atoms. The van der Waals surface area contributed by atoms with E-state index in [1.807, 2.05) is 0 Å². The first-order valence-corrected chi connectivity index (χ1v) is 14.0. The van der Waals surface area contributed by atoms with Gasteiger partial charge >= 0.3 is 12.4 Å². The van der Waals surface area contributed by atoms with Crippen LogP contribution in [-0.2, 0) is 18.9 Å². The molecule has 3 heterocycles. The molecule has 12 heteroatoms. The minimum absolute atomic E-state index is 0.0800. The maximum absolute atomic E-state index is 13.6. The lowest BCUT2D eigenvalue weighted by Gasteiger charge is -2.58. The van der Waals surface area contributed by atoms with Crippen LogP contribution in [-0.4, -0.2) is 62.0 Å². The molecule has 214 valence electrons. The Labute approximate surface area is 227 Å². The highest BCUT2D eigenvalue weighted by molar-refractivity contribution is 5.90. The van der Waals surface area contributed by atoms with Gasteiger partial charge in [-0.25, -0.2) is 9.67 Å². The third kappa shape index (κ3) is 4.66. The zero-order valence-electron chi connectivity index (χ0n) is 21.8. The van der Waals surface area contributed by atoms with Gasteiger partial charge in [0.2, 0.25) is 0 Å². The van der Waals surface area contributed by atoms with E-state index in [1.165, 1.54) is 44.4 Å². The van der Waals surface area contributed by atoms with E-state index in [2.05, 4.69) is 25.1 Å². The smallest absolute Gasteiger partial charge is 0.297 e. The van der Waals surface area contributed by atoms with Crippen LogP contribution in [0.2, 0.25) is 0 Å². The van der Waals surface area contributed by atoms with E-state index in [0.717, 1.165) is 72.7 Å². The normalized spacial score (nSPS) is 29.5. The Balaban J connectivity index is 1.09. The molecule has 1 aliphatic heterocycles. The van der Waals surface area contributed by atoms with Crippen molar-refractivity contribution in [2.75, 3.05) is 26.2 Å². The standard InChI is InChI=1S/C28H30F6N6/c29-27(30,31)22-3-1-2-21-23(13-24(28(32,33)34)35-25(21)22)40-15-20(36-37-40)14-38-4-6-39(7-5-38)26-18-9-16-8-17(11-18)12-19(26)10-16/h1-3,13,15-19,26H,4-12,14H2. The summed E-state index contributed by atoms with van der Waals surface area (Å²) in [6.07, 6.45) is -1.33. The Morgan fingerprint density at radius 1 is 0.825 bits per heavy atom. The van der Waals surface area contributed by atoms with Crippen molar-refractivity contribution in [3.8, 4) is 5.69 Å². The second-order valence-corrected chi connectivity index (χ2v) is 12.1. The highest BCUT2D eigenvalue weighted by Gasteiger charge is 2.50. The van der Waals surface area contributed by atoms with Gasteiger partial charge in [0, 0.05) is 44.2 Å². The van der Waals surface area contributed by atoms with Crippen LogP contribution in [0.4, 0.5) is 26.3 Å². The number of para-hydroxylation sites is 1. The molecule has 4 bridgehead atoms. The molecule has 8 rings (SSSR count). The van der Waals surface area contributed by atoms with Gasteiger partial charge in [-0.05, 0) is 67.9 Å². The molecule has 4 saturated carbocycles. The summed E-state index contributed by atoms with van der Waals surface area (Å²) in [5.74, 6) is 3.54. The highest BCUT2D eigenvalue weighted by Crippen LogP contribution is 2.55. The first-order valence-electron chi connectivity index (χ1n) is 14.0. The maximum atomic E-state index is 13.6. The van der Waals surface area contributed by atoms with Crippen molar-refractivity contribution in [3.05, 3.63) is 47.4 Å². The Hall–Kier alpha value is -2.73. The molecule has 5 aliphatic rings. The number of benzene rings is 1. The Morgan fingerprint density at radius 2 is 1.50 bits per heavy atom. The van der Waals surface area contributed by atoms with Crippen LogP contribution < -0.4 is 0 Å². The molecule has 1 saturated heterocycles. The van der Waals surface area contributed by atoms with E-state index in [1.54, 1.807) is 0 Å². The van der Waals surface area contributed by atoms with Crippen LogP contribution in [0, 0.1) is 23.7 Å². The number of fused-ring (bicyclic) bond motifs is 1. The molecule has 6 nitrogen and oxygen atoms in total. The van der Waals surface area contributed by atoms with E-state index in [4.69, 9.17) is 0 Å². The van der Waals surface area contributed by atoms with Crippen LogP contribution in [0.25, 0.3) is 16.6 Å². The van der Waals surface area contributed by atoms with Crippen molar-refractivity contribution < 1.29 is 26.3 Å². The lowest BCUT2D eigenvalue weighted by Crippen LogP contribution is -2.60. The second-order valence-electron chi connectivity index (χ2n) is 12.1. The molecule has 0 spiro atoms. The van der Waals surface area contributed by atoms with Crippen molar-refractivity contribution in [2.45, 2.75) is 57.0 Å². The molecule has 3 aromatic rings. The largest absolute Gasteiger partial charge is 0.433 e. The predicted molar refractivity (Wildman–Crippen MR) is 134 cm³/mol. The van der Waals surface area contributed by atoms with Crippen molar-refractivity contribution in [1.82, 2.24) is 29.8 Å². The molecule has 0 amide bonds. The first-order chi connectivity index (χ1) is 19.0. The van der Waals surface area contributed by atoms with E-state index >= 15 is 0 Å². The molecule has 5 fully saturated rings. The monoisotopic (exact) mass is 564 g/mol. The fraction of sp³-hybridized carbons (Fsp3) is 0.607. The lowest BCUT2D eigenvalue weighted by atomic mass is 9.54. The lowest BCUT2D eigenvalue weighted by molar-refractivity contribution is -0.142. The van der Waals surface area contributed by atoms with E-state index in [0.29, 0.717) is 18.3 Å². The molecule has 4 aliphatic carbocycles. The van der Waals surface area contributed by atoms with Crippen molar-refractivity contribution in [1.29, 1.82) is 0 Å². The minimum Gasteiger partial charge on any atom is -0.297 e. The molecule has 1 aromatic carbocycles. The van der Waals surface area contributed by atoms with Crippen molar-refractivity contribution in [3.63, 3.8) is 0 Å². The third-order valence-electron chi connectivity index (χ3n) is 9.59. The summed E-state index contributed by atoms with van der Waals surface area (Å²) in [5.41, 5.74) is -3.00. The number of piperazine rings is 1. The Bertz CT molecular complexity index is 1380. The zero-order valence-corrected chi connectivity index (χ0v) is 21.8. The van der Waals surface area contributed by atoms with Gasteiger partial charge in [-0.2, -0.15) is 26.3 Å². The third-order valence-corrected chi connectivity index (χ3v) is 9.59. The van der Waals surface area contributed by atoms with Gasteiger partial charge < -0.3 is 0 Å². The van der Waals surface area contributed by atoms with Crippen LogP contribution in [0.3, 0.4) is 0 Å². The topological polar surface area (TPSA) is 50.1 Å². The second kappa shape index (κ2) is 9.40. The van der Waals surface area contributed by atoms with E-state index in [-0.39, 0.29) is 11.1 Å². The zero-order chi connectivity index (χ0) is 27.8. The summed E-state index contributed by atoms with van der Waals surface area (Å²) < 4.78 is 82.8.